The summed E-state index contributed by atoms with van der Waals surface area (Å²) >= 11 is 0. The van der Waals surface area contributed by atoms with Gasteiger partial charge in [-0.2, -0.15) is 0 Å². The van der Waals surface area contributed by atoms with Crippen molar-refractivity contribution >= 4 is 11.8 Å². The van der Waals surface area contributed by atoms with Crippen LogP contribution in [-0.2, 0) is 19.0 Å². The predicted molar refractivity (Wildman–Crippen MR) is 73.4 cm³/mol. The summed E-state index contributed by atoms with van der Waals surface area (Å²) in [4.78, 5) is 23.7. The van der Waals surface area contributed by atoms with Crippen molar-refractivity contribution in [3.8, 4) is 0 Å². The Kier molecular flexibility index (Phi) is 6.90. The van der Waals surface area contributed by atoms with Crippen molar-refractivity contribution in [2.75, 3.05) is 19.8 Å². The number of hydrogen-bond acceptors (Lipinski definition) is 5. The Morgan fingerprint density at radius 2 is 1.60 bits per heavy atom. The monoisotopic (exact) mass is 280 g/mol. The summed E-state index contributed by atoms with van der Waals surface area (Å²) < 4.78 is 15.7. The van der Waals surface area contributed by atoms with E-state index in [0.717, 1.165) is 0 Å². The van der Waals surface area contributed by atoms with Crippen LogP contribution in [-0.4, -0.2) is 31.6 Å². The van der Waals surface area contributed by atoms with Crippen LogP contribution in [0.4, 0.5) is 0 Å². The van der Waals surface area contributed by atoms with Crippen molar-refractivity contribution in [2.24, 2.45) is 0 Å². The topological polar surface area (TPSA) is 61.8 Å². The molecule has 0 atom stereocenters. The highest BCUT2D eigenvalue weighted by Gasteiger charge is 2.24. The summed E-state index contributed by atoms with van der Waals surface area (Å²) in [6, 6.07) is 6.73. The fourth-order valence-electron chi connectivity index (χ4n) is 1.75. The van der Waals surface area contributed by atoms with Gasteiger partial charge in [-0.15, -0.1) is 0 Å². The molecule has 0 radical (unpaired) electrons. The van der Waals surface area contributed by atoms with E-state index >= 15 is 0 Å². The lowest BCUT2D eigenvalue weighted by atomic mass is 10.0. The average molecular weight is 280 g/mol. The molecule has 0 aromatic heterocycles. The summed E-state index contributed by atoms with van der Waals surface area (Å²) in [5.41, 5.74) is 0.784. The number of hydrogen-bond donors (Lipinski definition) is 0. The van der Waals surface area contributed by atoms with Gasteiger partial charge in [-0.25, -0.2) is 4.79 Å². The van der Waals surface area contributed by atoms with Gasteiger partial charge in [0.25, 0.3) is 5.78 Å². The number of benzene rings is 1. The van der Waals surface area contributed by atoms with E-state index in [4.69, 9.17) is 14.2 Å². The minimum Gasteiger partial charge on any atom is -0.460 e. The molecule has 0 saturated heterocycles. The van der Waals surface area contributed by atoms with Gasteiger partial charge in [-0.1, -0.05) is 24.3 Å². The lowest BCUT2D eigenvalue weighted by Gasteiger charge is -2.19. The van der Waals surface area contributed by atoms with Gasteiger partial charge in [-0.3, -0.25) is 4.79 Å². The molecule has 5 heteroatoms. The number of rotatable bonds is 8. The third-order valence-electron chi connectivity index (χ3n) is 2.56. The smallest absolute Gasteiger partial charge is 0.379 e. The maximum atomic E-state index is 12.1. The molecule has 0 aliphatic rings. The van der Waals surface area contributed by atoms with Crippen molar-refractivity contribution in [2.45, 2.75) is 27.1 Å². The SMILES string of the molecule is CCOC(=O)C(=O)c1ccccc1C(OCC)OCC. The second-order valence-corrected chi connectivity index (χ2v) is 3.88. The van der Waals surface area contributed by atoms with Crippen molar-refractivity contribution in [3.05, 3.63) is 35.4 Å². The van der Waals surface area contributed by atoms with Gasteiger partial charge < -0.3 is 14.2 Å². The number of Topliss-reactive ketones (excluding diaryl/α,β-unsaturated/α-hetero) is 1. The molecular formula is C15H20O5. The summed E-state index contributed by atoms with van der Waals surface area (Å²) in [5, 5.41) is 0. The number of ether oxygens (including phenoxy) is 3. The van der Waals surface area contributed by atoms with E-state index in [1.165, 1.54) is 0 Å². The Labute approximate surface area is 118 Å². The minimum absolute atomic E-state index is 0.160. The molecule has 20 heavy (non-hydrogen) atoms. The summed E-state index contributed by atoms with van der Waals surface area (Å²) in [6.07, 6.45) is -0.667. The van der Waals surface area contributed by atoms with Gasteiger partial charge in [0.2, 0.25) is 0 Å². The molecule has 1 aromatic carbocycles. The maximum absolute atomic E-state index is 12.1. The summed E-state index contributed by atoms with van der Waals surface area (Å²) in [6.45, 7) is 6.36. The van der Waals surface area contributed by atoms with Crippen molar-refractivity contribution in [1.82, 2.24) is 0 Å². The summed E-state index contributed by atoms with van der Waals surface area (Å²) in [5.74, 6) is -1.56. The Morgan fingerprint density at radius 3 is 2.15 bits per heavy atom. The lowest BCUT2D eigenvalue weighted by Crippen LogP contribution is -2.21. The van der Waals surface area contributed by atoms with Crippen LogP contribution in [0, 0.1) is 0 Å². The molecule has 5 nitrogen and oxygen atoms in total. The second-order valence-electron chi connectivity index (χ2n) is 3.88. The first kappa shape index (κ1) is 16.3. The molecule has 110 valence electrons. The molecule has 0 N–H and O–H groups in total. The predicted octanol–water partition coefficient (Wildman–Crippen LogP) is 2.50. The molecule has 0 heterocycles. The van der Waals surface area contributed by atoms with E-state index in [1.807, 2.05) is 13.8 Å². The second kappa shape index (κ2) is 8.45. The van der Waals surface area contributed by atoms with Gasteiger partial charge in [0.05, 0.1) is 6.61 Å². The van der Waals surface area contributed by atoms with Crippen LogP contribution >= 0.6 is 0 Å². The highest BCUT2D eigenvalue weighted by molar-refractivity contribution is 6.41. The van der Waals surface area contributed by atoms with Crippen molar-refractivity contribution < 1.29 is 23.8 Å². The molecule has 0 aliphatic carbocycles. The standard InChI is InChI=1S/C15H20O5/c1-4-18-14(17)13(16)11-9-7-8-10-12(11)15(19-5-2)20-6-3/h7-10,15H,4-6H2,1-3H3. The fraction of sp³-hybridized carbons (Fsp3) is 0.467. The highest BCUT2D eigenvalue weighted by atomic mass is 16.7. The van der Waals surface area contributed by atoms with E-state index < -0.39 is 18.0 Å². The zero-order chi connectivity index (χ0) is 15.0. The van der Waals surface area contributed by atoms with E-state index in [9.17, 15) is 9.59 Å². The highest BCUT2D eigenvalue weighted by Crippen LogP contribution is 2.23. The first-order chi connectivity index (χ1) is 9.65. The number of carbonyl (C=O) groups excluding carboxylic acids is 2. The van der Waals surface area contributed by atoms with Gasteiger partial charge >= 0.3 is 5.97 Å². The molecular weight excluding hydrogens is 260 g/mol. The Balaban J connectivity index is 3.08. The van der Waals surface area contributed by atoms with Crippen molar-refractivity contribution in [3.63, 3.8) is 0 Å². The molecule has 1 rings (SSSR count). The Morgan fingerprint density at radius 1 is 1.00 bits per heavy atom. The van der Waals surface area contributed by atoms with Gasteiger partial charge in [0.15, 0.2) is 6.29 Å². The molecule has 0 bridgehead atoms. The summed E-state index contributed by atoms with van der Waals surface area (Å²) in [7, 11) is 0. The van der Waals surface area contributed by atoms with Crippen LogP contribution in [0.25, 0.3) is 0 Å². The third-order valence-corrected chi connectivity index (χ3v) is 2.56. The van der Waals surface area contributed by atoms with Crippen LogP contribution in [0.5, 0.6) is 0 Å². The third kappa shape index (κ3) is 4.15. The Bertz CT molecular complexity index is 449. The van der Waals surface area contributed by atoms with Crippen LogP contribution in [0.15, 0.2) is 24.3 Å². The Hall–Kier alpha value is -1.72. The number of carbonyl (C=O) groups is 2. The lowest BCUT2D eigenvalue weighted by molar-refractivity contribution is -0.141. The first-order valence-electron chi connectivity index (χ1n) is 6.69. The number of ketones is 1. The van der Waals surface area contributed by atoms with E-state index in [1.54, 1.807) is 31.2 Å². The van der Waals surface area contributed by atoms with Crippen LogP contribution in [0.2, 0.25) is 0 Å². The molecule has 0 aliphatic heterocycles. The first-order valence-corrected chi connectivity index (χ1v) is 6.69. The van der Waals surface area contributed by atoms with E-state index in [2.05, 4.69) is 0 Å². The van der Waals surface area contributed by atoms with Gasteiger partial charge in [0.1, 0.15) is 0 Å². The zero-order valence-electron chi connectivity index (χ0n) is 12.0. The number of esters is 1. The van der Waals surface area contributed by atoms with Gasteiger partial charge in [0, 0.05) is 24.3 Å². The van der Waals surface area contributed by atoms with Gasteiger partial charge in [-0.05, 0) is 20.8 Å². The van der Waals surface area contributed by atoms with E-state index in [-0.39, 0.29) is 12.2 Å². The zero-order valence-corrected chi connectivity index (χ0v) is 12.0. The quantitative estimate of drug-likeness (QED) is 0.317. The van der Waals surface area contributed by atoms with E-state index in [0.29, 0.717) is 18.8 Å². The van der Waals surface area contributed by atoms with Crippen LogP contribution in [0.1, 0.15) is 43.0 Å². The fourth-order valence-corrected chi connectivity index (χ4v) is 1.75. The minimum atomic E-state index is -0.869. The molecule has 0 spiro atoms. The molecule has 0 saturated carbocycles. The van der Waals surface area contributed by atoms with Crippen LogP contribution < -0.4 is 0 Å². The average Bonchev–Trinajstić information content (AvgIpc) is 2.46. The molecule has 1 aromatic rings. The molecule has 0 unspecified atom stereocenters. The van der Waals surface area contributed by atoms with Crippen molar-refractivity contribution in [1.29, 1.82) is 0 Å². The molecule has 0 fully saturated rings. The normalized spacial score (nSPS) is 10.6. The molecule has 0 amide bonds. The van der Waals surface area contributed by atoms with Crippen LogP contribution in [0.3, 0.4) is 0 Å². The largest absolute Gasteiger partial charge is 0.460 e. The maximum Gasteiger partial charge on any atom is 0.379 e.